The van der Waals surface area contributed by atoms with Crippen LogP contribution in [-0.2, 0) is 16.0 Å². The predicted octanol–water partition coefficient (Wildman–Crippen LogP) is 4.82. The first-order chi connectivity index (χ1) is 13.5. The van der Waals surface area contributed by atoms with E-state index in [4.69, 9.17) is 4.74 Å². The summed E-state index contributed by atoms with van der Waals surface area (Å²) >= 11 is 3.98. The van der Waals surface area contributed by atoms with Gasteiger partial charge in [0, 0.05) is 6.42 Å². The van der Waals surface area contributed by atoms with Crippen molar-refractivity contribution >= 4 is 62.9 Å². The fourth-order valence-corrected chi connectivity index (χ4v) is 4.31. The van der Waals surface area contributed by atoms with Gasteiger partial charge in [-0.1, -0.05) is 12.1 Å². The van der Waals surface area contributed by atoms with Gasteiger partial charge in [0.05, 0.1) is 12.8 Å². The van der Waals surface area contributed by atoms with Gasteiger partial charge in [-0.05, 0) is 95.8 Å². The molecule has 1 atom stereocenters. The van der Waals surface area contributed by atoms with Crippen LogP contribution in [0.2, 0.25) is 0 Å². The van der Waals surface area contributed by atoms with Crippen molar-refractivity contribution in [3.8, 4) is 5.75 Å². The Hall–Kier alpha value is -1.63. The fourth-order valence-electron chi connectivity index (χ4n) is 2.41. The van der Waals surface area contributed by atoms with Crippen LogP contribution >= 0.6 is 45.2 Å². The molecule has 0 fully saturated rings. The minimum atomic E-state index is -1.01. The molecule has 0 heterocycles. The highest BCUT2D eigenvalue weighted by atomic mass is 127. The molecule has 156 valence electrons. The predicted molar refractivity (Wildman–Crippen MR) is 125 cm³/mol. The standard InChI is InChI=1S/C20H21FI2N2O4/c1-20(2,3)29-19(28)25-16(10-11-8-13(22)17(26)14(23)9-11)18(27)24-15-7-5-4-6-12(15)21/h4-9,16,26H,10H2,1-3H3,(H,24,27)(H,25,28)/t16-/m0/s1. The van der Waals surface area contributed by atoms with Crippen LogP contribution in [0.5, 0.6) is 5.75 Å². The summed E-state index contributed by atoms with van der Waals surface area (Å²) in [4.78, 5) is 25.0. The van der Waals surface area contributed by atoms with E-state index in [-0.39, 0.29) is 17.9 Å². The largest absolute Gasteiger partial charge is 0.506 e. The molecule has 0 bridgehead atoms. The number of carbonyl (C=O) groups excluding carboxylic acids is 2. The Morgan fingerprint density at radius 1 is 1.17 bits per heavy atom. The molecule has 0 unspecified atom stereocenters. The Morgan fingerprint density at radius 3 is 2.31 bits per heavy atom. The van der Waals surface area contributed by atoms with Gasteiger partial charge in [-0.25, -0.2) is 9.18 Å². The second-order valence-corrected chi connectivity index (χ2v) is 9.60. The number of anilines is 1. The van der Waals surface area contributed by atoms with E-state index in [9.17, 15) is 19.1 Å². The zero-order chi connectivity index (χ0) is 21.8. The highest BCUT2D eigenvalue weighted by molar-refractivity contribution is 14.1. The molecule has 0 saturated carbocycles. The minimum absolute atomic E-state index is 0.0170. The molecule has 2 rings (SSSR count). The van der Waals surface area contributed by atoms with Crippen molar-refractivity contribution < 1.29 is 23.8 Å². The van der Waals surface area contributed by atoms with Gasteiger partial charge >= 0.3 is 6.09 Å². The van der Waals surface area contributed by atoms with Crippen molar-refractivity contribution in [2.24, 2.45) is 0 Å². The summed E-state index contributed by atoms with van der Waals surface area (Å²) in [7, 11) is 0. The van der Waals surface area contributed by atoms with Crippen molar-refractivity contribution in [1.82, 2.24) is 5.32 Å². The number of hydrogen-bond donors (Lipinski definition) is 3. The van der Waals surface area contributed by atoms with Crippen LogP contribution < -0.4 is 10.6 Å². The van der Waals surface area contributed by atoms with Crippen LogP contribution in [0.4, 0.5) is 14.9 Å². The van der Waals surface area contributed by atoms with Crippen LogP contribution in [0, 0.1) is 13.0 Å². The first-order valence-electron chi connectivity index (χ1n) is 8.68. The minimum Gasteiger partial charge on any atom is -0.506 e. The summed E-state index contributed by atoms with van der Waals surface area (Å²) in [6, 6.07) is 8.21. The number of nitrogens with one attached hydrogen (secondary N) is 2. The number of carbonyl (C=O) groups is 2. The zero-order valence-corrected chi connectivity index (χ0v) is 20.4. The first kappa shape index (κ1) is 23.6. The number of ether oxygens (including phenoxy) is 1. The average molecular weight is 626 g/mol. The molecular formula is C20H21FI2N2O4. The van der Waals surface area contributed by atoms with Gasteiger partial charge in [-0.2, -0.15) is 0 Å². The quantitative estimate of drug-likeness (QED) is 0.416. The number of aromatic hydroxyl groups is 1. The molecule has 0 radical (unpaired) electrons. The van der Waals surface area contributed by atoms with Gasteiger partial charge in [0.25, 0.3) is 0 Å². The third kappa shape index (κ3) is 7.28. The third-order valence-electron chi connectivity index (χ3n) is 3.66. The van der Waals surface area contributed by atoms with Crippen molar-refractivity contribution in [1.29, 1.82) is 0 Å². The molecule has 0 saturated heterocycles. The molecule has 9 heteroatoms. The summed E-state index contributed by atoms with van der Waals surface area (Å²) in [6.45, 7) is 5.14. The summed E-state index contributed by atoms with van der Waals surface area (Å²) in [6.07, 6.45) is -0.624. The van der Waals surface area contributed by atoms with E-state index in [0.29, 0.717) is 7.14 Å². The molecule has 0 aliphatic carbocycles. The summed E-state index contributed by atoms with van der Waals surface area (Å²) in [5, 5.41) is 15.0. The van der Waals surface area contributed by atoms with E-state index in [1.807, 2.05) is 45.2 Å². The number of benzene rings is 2. The van der Waals surface area contributed by atoms with Crippen LogP contribution in [0.1, 0.15) is 26.3 Å². The molecule has 3 N–H and O–H groups in total. The first-order valence-corrected chi connectivity index (χ1v) is 10.8. The number of phenols is 1. The number of phenolic OH excluding ortho intramolecular Hbond substituents is 1. The van der Waals surface area contributed by atoms with Gasteiger partial charge in [0.15, 0.2) is 0 Å². The van der Waals surface area contributed by atoms with Crippen molar-refractivity contribution in [3.63, 3.8) is 0 Å². The van der Waals surface area contributed by atoms with Crippen LogP contribution in [0.3, 0.4) is 0 Å². The van der Waals surface area contributed by atoms with E-state index in [2.05, 4.69) is 10.6 Å². The maximum Gasteiger partial charge on any atom is 0.408 e. The molecule has 0 aliphatic heterocycles. The van der Waals surface area contributed by atoms with Crippen molar-refractivity contribution in [3.05, 3.63) is 54.9 Å². The number of rotatable bonds is 5. The normalized spacial score (nSPS) is 12.2. The van der Waals surface area contributed by atoms with Crippen molar-refractivity contribution in [2.45, 2.75) is 38.8 Å². The van der Waals surface area contributed by atoms with Gasteiger partial charge < -0.3 is 20.5 Å². The Bertz CT molecular complexity index is 893. The topological polar surface area (TPSA) is 87.7 Å². The second kappa shape index (κ2) is 9.92. The van der Waals surface area contributed by atoms with E-state index in [0.717, 1.165) is 5.56 Å². The smallest absolute Gasteiger partial charge is 0.408 e. The Kier molecular flexibility index (Phi) is 8.09. The molecule has 2 aromatic rings. The van der Waals surface area contributed by atoms with Gasteiger partial charge in [0.1, 0.15) is 23.2 Å². The lowest BCUT2D eigenvalue weighted by molar-refractivity contribution is -0.118. The summed E-state index contributed by atoms with van der Waals surface area (Å²) in [5.41, 5.74) is 0.00429. The van der Waals surface area contributed by atoms with Crippen molar-refractivity contribution in [2.75, 3.05) is 5.32 Å². The summed E-state index contributed by atoms with van der Waals surface area (Å²) in [5.74, 6) is -1.01. The molecule has 0 aromatic heterocycles. The lowest BCUT2D eigenvalue weighted by Gasteiger charge is -2.23. The lowest BCUT2D eigenvalue weighted by Crippen LogP contribution is -2.47. The molecule has 0 aliphatic rings. The highest BCUT2D eigenvalue weighted by Crippen LogP contribution is 2.28. The second-order valence-electron chi connectivity index (χ2n) is 7.28. The Balaban J connectivity index is 2.26. The van der Waals surface area contributed by atoms with Gasteiger partial charge in [-0.15, -0.1) is 0 Å². The third-order valence-corrected chi connectivity index (χ3v) is 5.30. The molecule has 2 aromatic carbocycles. The van der Waals surface area contributed by atoms with E-state index < -0.39 is 29.5 Å². The van der Waals surface area contributed by atoms with Crippen LogP contribution in [-0.4, -0.2) is 28.7 Å². The van der Waals surface area contributed by atoms with E-state index in [1.165, 1.54) is 18.2 Å². The average Bonchev–Trinajstić information content (AvgIpc) is 2.59. The SMILES string of the molecule is CC(C)(C)OC(=O)N[C@@H](Cc1cc(I)c(O)c(I)c1)C(=O)Nc1ccccc1F. The van der Waals surface area contributed by atoms with E-state index in [1.54, 1.807) is 39.0 Å². The molecule has 0 spiro atoms. The lowest BCUT2D eigenvalue weighted by atomic mass is 10.0. The molecule has 2 amide bonds. The number of halogens is 3. The maximum atomic E-state index is 13.9. The molecule has 29 heavy (non-hydrogen) atoms. The maximum absolute atomic E-state index is 13.9. The number of hydrogen-bond acceptors (Lipinski definition) is 4. The fraction of sp³-hybridized carbons (Fsp3) is 0.300. The highest BCUT2D eigenvalue weighted by Gasteiger charge is 2.26. The number of amides is 2. The van der Waals surface area contributed by atoms with Crippen LogP contribution in [0.25, 0.3) is 0 Å². The van der Waals surface area contributed by atoms with E-state index >= 15 is 0 Å². The van der Waals surface area contributed by atoms with Gasteiger partial charge in [0.2, 0.25) is 5.91 Å². The zero-order valence-electron chi connectivity index (χ0n) is 16.1. The summed E-state index contributed by atoms with van der Waals surface area (Å²) < 4.78 is 20.4. The number of para-hydroxylation sites is 1. The molecule has 6 nitrogen and oxygen atoms in total. The monoisotopic (exact) mass is 626 g/mol. The Labute approximate surface area is 195 Å². The Morgan fingerprint density at radius 2 is 1.76 bits per heavy atom. The number of alkyl carbamates (subject to hydrolysis) is 1. The van der Waals surface area contributed by atoms with Crippen LogP contribution in [0.15, 0.2) is 36.4 Å². The van der Waals surface area contributed by atoms with Gasteiger partial charge in [-0.3, -0.25) is 4.79 Å². The molecular weight excluding hydrogens is 605 g/mol.